The fourth-order valence-electron chi connectivity index (χ4n) is 3.67. The largest absolute Gasteiger partial charge is 0.371 e. The zero-order valence-electron chi connectivity index (χ0n) is 15.2. The van der Waals surface area contributed by atoms with E-state index in [1.807, 2.05) is 23.1 Å². The molecule has 0 unspecified atom stereocenters. The van der Waals surface area contributed by atoms with Crippen molar-refractivity contribution in [1.82, 2.24) is 4.90 Å². The predicted molar refractivity (Wildman–Crippen MR) is 101 cm³/mol. The molecule has 1 aromatic rings. The van der Waals surface area contributed by atoms with Gasteiger partial charge in [0.05, 0.1) is 5.56 Å². The lowest BCUT2D eigenvalue weighted by molar-refractivity contribution is -0.116. The molecule has 0 aliphatic carbocycles. The molecule has 1 N–H and O–H groups in total. The van der Waals surface area contributed by atoms with Gasteiger partial charge in [-0.05, 0) is 50.3 Å². The molecule has 0 bridgehead atoms. The van der Waals surface area contributed by atoms with Gasteiger partial charge in [0.1, 0.15) is 0 Å². The molecule has 2 aliphatic heterocycles. The van der Waals surface area contributed by atoms with Gasteiger partial charge in [0.25, 0.3) is 5.91 Å². The number of rotatable bonds is 6. The van der Waals surface area contributed by atoms with Crippen molar-refractivity contribution in [1.29, 1.82) is 0 Å². The number of amides is 2. The van der Waals surface area contributed by atoms with Gasteiger partial charge in [0.2, 0.25) is 5.91 Å². The summed E-state index contributed by atoms with van der Waals surface area (Å²) in [6.45, 7) is 5.76. The van der Waals surface area contributed by atoms with E-state index in [0.29, 0.717) is 6.42 Å². The second kappa shape index (κ2) is 8.37. The van der Waals surface area contributed by atoms with Crippen LogP contribution in [0.1, 0.15) is 62.2 Å². The number of unbranched alkanes of at least 4 members (excludes halogenated alkanes) is 1. The Morgan fingerprint density at radius 1 is 1.04 bits per heavy atom. The quantitative estimate of drug-likeness (QED) is 0.858. The molecule has 0 atom stereocenters. The van der Waals surface area contributed by atoms with Gasteiger partial charge in [-0.3, -0.25) is 9.59 Å². The van der Waals surface area contributed by atoms with Gasteiger partial charge < -0.3 is 15.1 Å². The summed E-state index contributed by atoms with van der Waals surface area (Å²) in [7, 11) is 0. The molecule has 136 valence electrons. The number of likely N-dealkylation sites (tertiary alicyclic amines) is 1. The maximum Gasteiger partial charge on any atom is 0.256 e. The summed E-state index contributed by atoms with van der Waals surface area (Å²) in [5.74, 6) is 0.124. The van der Waals surface area contributed by atoms with Gasteiger partial charge >= 0.3 is 0 Å². The van der Waals surface area contributed by atoms with Crippen molar-refractivity contribution in [3.05, 3.63) is 23.8 Å². The molecule has 0 aromatic heterocycles. The van der Waals surface area contributed by atoms with Crippen LogP contribution in [-0.4, -0.2) is 42.9 Å². The molecule has 0 radical (unpaired) electrons. The molecule has 2 aliphatic rings. The van der Waals surface area contributed by atoms with E-state index in [-0.39, 0.29) is 11.8 Å². The second-order valence-corrected chi connectivity index (χ2v) is 7.08. The zero-order valence-corrected chi connectivity index (χ0v) is 15.2. The summed E-state index contributed by atoms with van der Waals surface area (Å²) in [6, 6.07) is 5.81. The summed E-state index contributed by atoms with van der Waals surface area (Å²) in [6.07, 6.45) is 6.92. The van der Waals surface area contributed by atoms with Crippen LogP contribution in [0, 0.1) is 0 Å². The first-order valence-electron chi connectivity index (χ1n) is 9.67. The highest BCUT2D eigenvalue weighted by Gasteiger charge is 2.25. The van der Waals surface area contributed by atoms with Crippen LogP contribution in [0.15, 0.2) is 18.2 Å². The maximum atomic E-state index is 13.0. The highest BCUT2D eigenvalue weighted by molar-refractivity contribution is 6.02. The summed E-state index contributed by atoms with van der Waals surface area (Å²) >= 11 is 0. The van der Waals surface area contributed by atoms with Crippen molar-refractivity contribution < 1.29 is 9.59 Å². The van der Waals surface area contributed by atoms with Crippen LogP contribution in [0.5, 0.6) is 0 Å². The molecular formula is C20H29N3O2. The molecule has 5 heteroatoms. The topological polar surface area (TPSA) is 52.7 Å². The fourth-order valence-corrected chi connectivity index (χ4v) is 3.67. The van der Waals surface area contributed by atoms with Crippen LogP contribution in [0.3, 0.4) is 0 Å². The van der Waals surface area contributed by atoms with E-state index in [0.717, 1.165) is 68.8 Å². The Morgan fingerprint density at radius 3 is 2.40 bits per heavy atom. The van der Waals surface area contributed by atoms with Crippen molar-refractivity contribution in [2.45, 2.75) is 51.9 Å². The molecule has 1 aromatic carbocycles. The van der Waals surface area contributed by atoms with Crippen LogP contribution in [-0.2, 0) is 4.79 Å². The number of hydrogen-bond donors (Lipinski definition) is 1. The minimum atomic E-state index is 0.0235. The number of benzene rings is 1. The average molecular weight is 343 g/mol. The number of hydrogen-bond acceptors (Lipinski definition) is 3. The Balaban J connectivity index is 1.83. The summed E-state index contributed by atoms with van der Waals surface area (Å²) in [5.41, 5.74) is 2.48. The van der Waals surface area contributed by atoms with Crippen LogP contribution < -0.4 is 10.2 Å². The number of anilines is 2. The molecule has 0 saturated carbocycles. The third-order valence-corrected chi connectivity index (χ3v) is 5.11. The predicted octanol–water partition coefficient (Wildman–Crippen LogP) is 3.65. The van der Waals surface area contributed by atoms with E-state index in [4.69, 9.17) is 0 Å². The van der Waals surface area contributed by atoms with Crippen LogP contribution in [0.4, 0.5) is 11.4 Å². The van der Waals surface area contributed by atoms with Crippen LogP contribution in [0.25, 0.3) is 0 Å². The van der Waals surface area contributed by atoms with E-state index < -0.39 is 0 Å². The van der Waals surface area contributed by atoms with Gasteiger partial charge in [0, 0.05) is 44.0 Å². The fraction of sp³-hybridized carbons (Fsp3) is 0.600. The molecule has 2 heterocycles. The smallest absolute Gasteiger partial charge is 0.256 e. The van der Waals surface area contributed by atoms with Gasteiger partial charge in [-0.15, -0.1) is 0 Å². The second-order valence-electron chi connectivity index (χ2n) is 7.08. The number of nitrogens with one attached hydrogen (secondary N) is 1. The lowest BCUT2D eigenvalue weighted by Gasteiger charge is -2.24. The van der Waals surface area contributed by atoms with Gasteiger partial charge in [-0.2, -0.15) is 0 Å². The van der Waals surface area contributed by atoms with Crippen molar-refractivity contribution in [2.75, 3.05) is 36.4 Å². The van der Waals surface area contributed by atoms with E-state index >= 15 is 0 Å². The minimum absolute atomic E-state index is 0.0235. The van der Waals surface area contributed by atoms with E-state index in [1.165, 1.54) is 12.8 Å². The minimum Gasteiger partial charge on any atom is -0.371 e. The average Bonchev–Trinajstić information content (AvgIpc) is 3.32. The van der Waals surface area contributed by atoms with E-state index in [9.17, 15) is 9.59 Å². The number of nitrogens with zero attached hydrogens (tertiary/aromatic N) is 2. The highest BCUT2D eigenvalue weighted by Crippen LogP contribution is 2.29. The summed E-state index contributed by atoms with van der Waals surface area (Å²) < 4.78 is 0. The monoisotopic (exact) mass is 343 g/mol. The molecule has 5 nitrogen and oxygen atoms in total. The lowest BCUT2D eigenvalue weighted by Crippen LogP contribution is -2.30. The first-order chi connectivity index (χ1) is 12.2. The molecule has 2 saturated heterocycles. The molecule has 3 rings (SSSR count). The summed E-state index contributed by atoms with van der Waals surface area (Å²) in [5, 5.41) is 2.95. The van der Waals surface area contributed by atoms with E-state index in [2.05, 4.69) is 17.1 Å². The SMILES string of the molecule is CCCCC(=O)Nc1ccc(N2CCCC2)c(C(=O)N2CCCC2)c1. The van der Waals surface area contributed by atoms with Crippen molar-refractivity contribution in [3.8, 4) is 0 Å². The zero-order chi connectivity index (χ0) is 17.6. The Kier molecular flexibility index (Phi) is 5.95. The Labute approximate surface area is 150 Å². The molecule has 2 fully saturated rings. The van der Waals surface area contributed by atoms with Crippen LogP contribution >= 0.6 is 0 Å². The third kappa shape index (κ3) is 4.33. The third-order valence-electron chi connectivity index (χ3n) is 5.11. The Morgan fingerprint density at radius 2 is 1.72 bits per heavy atom. The number of carbonyl (C=O) groups is 2. The normalized spacial score (nSPS) is 17.2. The Hall–Kier alpha value is -2.04. The van der Waals surface area contributed by atoms with E-state index in [1.54, 1.807) is 0 Å². The van der Waals surface area contributed by atoms with Crippen molar-refractivity contribution in [3.63, 3.8) is 0 Å². The first-order valence-corrected chi connectivity index (χ1v) is 9.67. The number of carbonyl (C=O) groups excluding carboxylic acids is 2. The molecule has 0 spiro atoms. The van der Waals surface area contributed by atoms with Crippen molar-refractivity contribution >= 4 is 23.2 Å². The van der Waals surface area contributed by atoms with Gasteiger partial charge in [-0.25, -0.2) is 0 Å². The molecule has 25 heavy (non-hydrogen) atoms. The molecule has 2 amide bonds. The van der Waals surface area contributed by atoms with Crippen molar-refractivity contribution in [2.24, 2.45) is 0 Å². The van der Waals surface area contributed by atoms with Crippen LogP contribution in [0.2, 0.25) is 0 Å². The summed E-state index contributed by atoms with van der Waals surface area (Å²) in [4.78, 5) is 29.3. The lowest BCUT2D eigenvalue weighted by atomic mass is 10.1. The standard InChI is InChI=1S/C20H29N3O2/c1-2-3-8-19(24)21-16-9-10-18(22-11-4-5-12-22)17(15-16)20(25)23-13-6-7-14-23/h9-10,15H,2-8,11-14H2,1H3,(H,21,24). The first kappa shape index (κ1) is 17.8. The highest BCUT2D eigenvalue weighted by atomic mass is 16.2. The Bertz CT molecular complexity index is 617. The van der Waals surface area contributed by atoms with Gasteiger partial charge in [-0.1, -0.05) is 13.3 Å². The molecular weight excluding hydrogens is 314 g/mol. The van der Waals surface area contributed by atoms with Gasteiger partial charge in [0.15, 0.2) is 0 Å². The maximum absolute atomic E-state index is 13.0.